The van der Waals surface area contributed by atoms with Gasteiger partial charge in [0.15, 0.2) is 0 Å². The van der Waals surface area contributed by atoms with Gasteiger partial charge in [0.25, 0.3) is 0 Å². The molecule has 0 unspecified atom stereocenters. The molecule has 0 atom stereocenters. The summed E-state index contributed by atoms with van der Waals surface area (Å²) in [7, 11) is 1.93. The van der Waals surface area contributed by atoms with Crippen LogP contribution in [0.15, 0.2) is 36.7 Å². The van der Waals surface area contributed by atoms with Gasteiger partial charge >= 0.3 is 0 Å². The van der Waals surface area contributed by atoms with Crippen molar-refractivity contribution in [3.8, 4) is 11.6 Å². The predicted molar refractivity (Wildman–Crippen MR) is 88.4 cm³/mol. The van der Waals surface area contributed by atoms with E-state index in [1.807, 2.05) is 25.8 Å². The molecule has 0 bridgehead atoms. The molecule has 0 N–H and O–H groups in total. The number of ether oxygens (including phenoxy) is 2. The summed E-state index contributed by atoms with van der Waals surface area (Å²) in [6.45, 7) is 5.07. The van der Waals surface area contributed by atoms with Crippen molar-refractivity contribution in [1.29, 1.82) is 0 Å². The second kappa shape index (κ2) is 8.12. The largest absolute Gasteiger partial charge is 0.492 e. The van der Waals surface area contributed by atoms with Crippen LogP contribution in [-0.4, -0.2) is 42.6 Å². The molecule has 0 saturated heterocycles. The number of hydrogen-bond donors (Lipinski definition) is 0. The van der Waals surface area contributed by atoms with Gasteiger partial charge in [0.05, 0.1) is 12.6 Å². The van der Waals surface area contributed by atoms with E-state index in [1.165, 1.54) is 6.33 Å². The summed E-state index contributed by atoms with van der Waals surface area (Å²) in [5.41, 5.74) is 0.633. The van der Waals surface area contributed by atoms with Gasteiger partial charge in [0.1, 0.15) is 30.8 Å². The number of likely N-dealkylation sites (N-methyl/N-ethyl adjacent to an activating group) is 1. The average molecular weight is 315 g/mol. The molecule has 6 nitrogen and oxygen atoms in total. The van der Waals surface area contributed by atoms with Crippen LogP contribution in [0.3, 0.4) is 0 Å². The van der Waals surface area contributed by atoms with Crippen molar-refractivity contribution in [3.63, 3.8) is 0 Å². The van der Waals surface area contributed by atoms with Crippen molar-refractivity contribution in [2.45, 2.75) is 20.0 Å². The number of benzene rings is 1. The van der Waals surface area contributed by atoms with Gasteiger partial charge in [-0.25, -0.2) is 9.97 Å². The number of aromatic nitrogens is 2. The molecule has 122 valence electrons. The Morgan fingerprint density at radius 2 is 1.96 bits per heavy atom. The molecule has 2 aromatic rings. The van der Waals surface area contributed by atoms with Gasteiger partial charge in [-0.05, 0) is 38.1 Å². The highest BCUT2D eigenvalue weighted by atomic mass is 16.5. The Balaban J connectivity index is 1.86. The van der Waals surface area contributed by atoms with Crippen molar-refractivity contribution in [2.75, 3.05) is 25.1 Å². The lowest BCUT2D eigenvalue weighted by Gasteiger charge is -2.19. The molecule has 0 aliphatic heterocycles. The highest BCUT2D eigenvalue weighted by Crippen LogP contribution is 2.16. The average Bonchev–Trinajstić information content (AvgIpc) is 2.55. The lowest BCUT2D eigenvalue weighted by molar-refractivity contribution is 0.112. The molecule has 0 aliphatic rings. The van der Waals surface area contributed by atoms with Crippen LogP contribution < -0.4 is 14.4 Å². The van der Waals surface area contributed by atoms with Gasteiger partial charge in [-0.3, -0.25) is 4.79 Å². The Hall–Kier alpha value is -2.63. The van der Waals surface area contributed by atoms with E-state index in [9.17, 15) is 4.79 Å². The molecule has 1 aromatic carbocycles. The van der Waals surface area contributed by atoms with Crippen LogP contribution in [0.5, 0.6) is 11.6 Å². The SMILES string of the molecule is CC(C)Oc1cc(N(C)CCOc2ccc(C=O)cc2)ncn1. The third-order valence-electron chi connectivity index (χ3n) is 3.09. The van der Waals surface area contributed by atoms with Gasteiger partial charge in [-0.2, -0.15) is 0 Å². The maximum absolute atomic E-state index is 10.6. The molecule has 0 aliphatic carbocycles. The molecule has 0 saturated carbocycles. The van der Waals surface area contributed by atoms with Crippen molar-refractivity contribution in [1.82, 2.24) is 9.97 Å². The monoisotopic (exact) mass is 315 g/mol. The highest BCUT2D eigenvalue weighted by molar-refractivity contribution is 5.74. The Bertz CT molecular complexity index is 629. The Labute approximate surface area is 136 Å². The fourth-order valence-corrected chi connectivity index (χ4v) is 1.90. The molecule has 0 fully saturated rings. The maximum atomic E-state index is 10.6. The van der Waals surface area contributed by atoms with E-state index < -0.39 is 0 Å². The summed E-state index contributed by atoms with van der Waals surface area (Å²) in [5, 5.41) is 0. The van der Waals surface area contributed by atoms with Crippen LogP contribution in [0, 0.1) is 0 Å². The number of hydrogen-bond acceptors (Lipinski definition) is 6. The van der Waals surface area contributed by atoms with Gasteiger partial charge < -0.3 is 14.4 Å². The molecule has 6 heteroatoms. The minimum atomic E-state index is 0.0701. The van der Waals surface area contributed by atoms with E-state index in [4.69, 9.17) is 9.47 Å². The first-order valence-corrected chi connectivity index (χ1v) is 7.46. The number of carbonyl (C=O) groups is 1. The number of rotatable bonds is 8. The van der Waals surface area contributed by atoms with E-state index in [0.717, 1.165) is 17.9 Å². The minimum Gasteiger partial charge on any atom is -0.492 e. The predicted octanol–water partition coefficient (Wildman–Crippen LogP) is 2.59. The summed E-state index contributed by atoms with van der Waals surface area (Å²) in [4.78, 5) is 20.9. The van der Waals surface area contributed by atoms with Gasteiger partial charge in [-0.1, -0.05) is 0 Å². The zero-order valence-electron chi connectivity index (χ0n) is 13.6. The summed E-state index contributed by atoms with van der Waals surface area (Å²) >= 11 is 0. The van der Waals surface area contributed by atoms with Crippen molar-refractivity contribution in [2.24, 2.45) is 0 Å². The van der Waals surface area contributed by atoms with Crippen LogP contribution in [0.2, 0.25) is 0 Å². The molecule has 2 rings (SSSR count). The van der Waals surface area contributed by atoms with Crippen molar-refractivity contribution >= 4 is 12.1 Å². The number of aldehydes is 1. The van der Waals surface area contributed by atoms with E-state index in [-0.39, 0.29) is 6.10 Å². The first-order chi connectivity index (χ1) is 11.1. The summed E-state index contributed by atoms with van der Waals surface area (Å²) in [5.74, 6) is 2.06. The highest BCUT2D eigenvalue weighted by Gasteiger charge is 2.06. The quantitative estimate of drug-likeness (QED) is 0.698. The molecule has 1 heterocycles. The molecule has 1 aromatic heterocycles. The lowest BCUT2D eigenvalue weighted by Crippen LogP contribution is -2.24. The van der Waals surface area contributed by atoms with Gasteiger partial charge in [-0.15, -0.1) is 0 Å². The van der Waals surface area contributed by atoms with Crippen molar-refractivity contribution < 1.29 is 14.3 Å². The normalized spacial score (nSPS) is 10.4. The van der Waals surface area contributed by atoms with Crippen LogP contribution in [0.1, 0.15) is 24.2 Å². The van der Waals surface area contributed by atoms with E-state index in [2.05, 4.69) is 9.97 Å². The second-order valence-corrected chi connectivity index (χ2v) is 5.34. The molecule has 0 radical (unpaired) electrons. The topological polar surface area (TPSA) is 64.6 Å². The Morgan fingerprint density at radius 1 is 1.22 bits per heavy atom. The number of carbonyl (C=O) groups excluding carboxylic acids is 1. The second-order valence-electron chi connectivity index (χ2n) is 5.34. The third-order valence-corrected chi connectivity index (χ3v) is 3.09. The molecule has 0 amide bonds. The van der Waals surface area contributed by atoms with E-state index >= 15 is 0 Å². The van der Waals surface area contributed by atoms with Crippen LogP contribution in [0.25, 0.3) is 0 Å². The molecule has 0 spiro atoms. The van der Waals surface area contributed by atoms with Gasteiger partial charge in [0, 0.05) is 18.7 Å². The van der Waals surface area contributed by atoms with Crippen LogP contribution in [-0.2, 0) is 0 Å². The first kappa shape index (κ1) is 16.7. The van der Waals surface area contributed by atoms with Crippen LogP contribution >= 0.6 is 0 Å². The summed E-state index contributed by atoms with van der Waals surface area (Å²) in [6.07, 6.45) is 2.37. The zero-order chi connectivity index (χ0) is 16.7. The molecule has 23 heavy (non-hydrogen) atoms. The fourth-order valence-electron chi connectivity index (χ4n) is 1.90. The lowest BCUT2D eigenvalue weighted by atomic mass is 10.2. The van der Waals surface area contributed by atoms with E-state index in [1.54, 1.807) is 30.3 Å². The summed E-state index contributed by atoms with van der Waals surface area (Å²) in [6, 6.07) is 8.82. The van der Waals surface area contributed by atoms with Crippen molar-refractivity contribution in [3.05, 3.63) is 42.2 Å². The maximum Gasteiger partial charge on any atom is 0.218 e. The molecular weight excluding hydrogens is 294 g/mol. The fraction of sp³-hybridized carbons (Fsp3) is 0.353. The Kier molecular flexibility index (Phi) is 5.91. The zero-order valence-corrected chi connectivity index (χ0v) is 13.6. The standard InChI is InChI=1S/C17H21N3O3/c1-13(2)23-17-10-16(18-12-19-17)20(3)8-9-22-15-6-4-14(11-21)5-7-15/h4-7,10-13H,8-9H2,1-3H3. The molecular formula is C17H21N3O3. The number of anilines is 1. The number of nitrogens with zero attached hydrogens (tertiary/aromatic N) is 3. The van der Waals surface area contributed by atoms with Crippen LogP contribution in [0.4, 0.5) is 5.82 Å². The summed E-state index contributed by atoms with van der Waals surface area (Å²) < 4.78 is 11.2. The van der Waals surface area contributed by atoms with Gasteiger partial charge in [0.2, 0.25) is 5.88 Å². The third kappa shape index (κ3) is 5.25. The minimum absolute atomic E-state index is 0.0701. The Morgan fingerprint density at radius 3 is 2.61 bits per heavy atom. The van der Waals surface area contributed by atoms with E-state index in [0.29, 0.717) is 24.6 Å². The first-order valence-electron chi connectivity index (χ1n) is 7.46. The smallest absolute Gasteiger partial charge is 0.218 e.